The number of carbonyl (C=O) groups is 1. The number of rotatable bonds is 6. The average Bonchev–Trinajstić information content (AvgIpc) is 2.61. The molecule has 0 bridgehead atoms. The van der Waals surface area contributed by atoms with Gasteiger partial charge in [-0.1, -0.05) is 12.1 Å². The summed E-state index contributed by atoms with van der Waals surface area (Å²) in [5.41, 5.74) is 1.06. The Labute approximate surface area is 135 Å². The van der Waals surface area contributed by atoms with Crippen LogP contribution in [-0.4, -0.2) is 31.4 Å². The van der Waals surface area contributed by atoms with Crippen LogP contribution in [0.2, 0.25) is 0 Å². The lowest BCUT2D eigenvalue weighted by atomic mass is 10.1. The van der Waals surface area contributed by atoms with Crippen molar-refractivity contribution in [2.75, 3.05) is 14.2 Å². The molecule has 0 saturated heterocycles. The lowest BCUT2D eigenvalue weighted by molar-refractivity contribution is -0.0116. The second kappa shape index (κ2) is 7.65. The summed E-state index contributed by atoms with van der Waals surface area (Å²) in [4.78, 5) is 12.1. The molecule has 122 valence electrons. The van der Waals surface area contributed by atoms with Gasteiger partial charge in [-0.2, -0.15) is 0 Å². The van der Waals surface area contributed by atoms with Crippen molar-refractivity contribution < 1.29 is 24.1 Å². The zero-order chi connectivity index (χ0) is 16.8. The van der Waals surface area contributed by atoms with E-state index >= 15 is 0 Å². The minimum Gasteiger partial charge on any atom is -0.497 e. The first kappa shape index (κ1) is 16.8. The molecule has 0 amide bonds. The van der Waals surface area contributed by atoms with E-state index in [0.717, 1.165) is 0 Å². The maximum atomic E-state index is 12.1. The molecule has 2 aromatic carbocycles. The van der Waals surface area contributed by atoms with Crippen molar-refractivity contribution in [3.63, 3.8) is 0 Å². The van der Waals surface area contributed by atoms with E-state index in [1.807, 2.05) is 0 Å². The molecule has 0 aromatic heterocycles. The molecule has 0 unspecified atom stereocenters. The first-order chi connectivity index (χ1) is 11.0. The molecule has 2 rings (SSSR count). The van der Waals surface area contributed by atoms with Gasteiger partial charge in [0.05, 0.1) is 19.8 Å². The standard InChI is InChI=1S/C18H20O5/c1-12(17(19)13-4-8-15(21-2)9-5-13)23-18(20)14-6-10-16(22-3)11-7-14/h4-12,17,19H,1-3H3/t12-,17+/m0/s1. The summed E-state index contributed by atoms with van der Waals surface area (Å²) in [5, 5.41) is 10.3. The summed E-state index contributed by atoms with van der Waals surface area (Å²) in [6.07, 6.45) is -1.60. The van der Waals surface area contributed by atoms with E-state index in [1.165, 1.54) is 0 Å². The Morgan fingerprint density at radius 2 is 1.39 bits per heavy atom. The molecule has 2 atom stereocenters. The number of methoxy groups -OCH3 is 2. The minimum atomic E-state index is -0.914. The van der Waals surface area contributed by atoms with Crippen LogP contribution in [0.4, 0.5) is 0 Å². The Bertz CT molecular complexity index is 633. The Balaban J connectivity index is 2.01. The average molecular weight is 316 g/mol. The van der Waals surface area contributed by atoms with Crippen LogP contribution in [0.15, 0.2) is 48.5 Å². The van der Waals surface area contributed by atoms with Gasteiger partial charge >= 0.3 is 5.97 Å². The molecular weight excluding hydrogens is 296 g/mol. The van der Waals surface area contributed by atoms with Crippen LogP contribution in [0.1, 0.15) is 28.9 Å². The molecule has 0 heterocycles. The van der Waals surface area contributed by atoms with E-state index in [0.29, 0.717) is 22.6 Å². The molecule has 0 aliphatic heterocycles. The highest BCUT2D eigenvalue weighted by Crippen LogP contribution is 2.23. The number of aliphatic hydroxyl groups excluding tert-OH is 1. The molecule has 0 aliphatic rings. The number of hydrogen-bond acceptors (Lipinski definition) is 5. The fourth-order valence-electron chi connectivity index (χ4n) is 2.10. The van der Waals surface area contributed by atoms with Gasteiger partial charge in [-0.15, -0.1) is 0 Å². The highest BCUT2D eigenvalue weighted by molar-refractivity contribution is 5.89. The molecule has 1 N–H and O–H groups in total. The number of carbonyl (C=O) groups excluding carboxylic acids is 1. The van der Waals surface area contributed by atoms with Crippen LogP contribution in [0, 0.1) is 0 Å². The Kier molecular flexibility index (Phi) is 5.60. The maximum Gasteiger partial charge on any atom is 0.338 e. The van der Waals surface area contributed by atoms with Crippen molar-refractivity contribution in [2.45, 2.75) is 19.1 Å². The normalized spacial score (nSPS) is 13.0. The number of ether oxygens (including phenoxy) is 3. The molecule has 5 nitrogen and oxygen atoms in total. The monoisotopic (exact) mass is 316 g/mol. The van der Waals surface area contributed by atoms with Gasteiger partial charge in [0.1, 0.15) is 23.7 Å². The zero-order valence-electron chi connectivity index (χ0n) is 13.4. The third-order valence-corrected chi connectivity index (χ3v) is 3.52. The summed E-state index contributed by atoms with van der Waals surface area (Å²) in [6, 6.07) is 13.6. The summed E-state index contributed by atoms with van der Waals surface area (Å²) in [7, 11) is 3.13. The second-order valence-electron chi connectivity index (χ2n) is 5.06. The van der Waals surface area contributed by atoms with Crippen molar-refractivity contribution in [2.24, 2.45) is 0 Å². The fraction of sp³-hybridized carbons (Fsp3) is 0.278. The van der Waals surface area contributed by atoms with Crippen molar-refractivity contribution >= 4 is 5.97 Å². The lowest BCUT2D eigenvalue weighted by Gasteiger charge is -2.20. The first-order valence-electron chi connectivity index (χ1n) is 7.22. The number of esters is 1. The molecule has 2 aromatic rings. The maximum absolute atomic E-state index is 12.1. The van der Waals surface area contributed by atoms with Crippen LogP contribution >= 0.6 is 0 Å². The molecular formula is C18H20O5. The van der Waals surface area contributed by atoms with Gasteiger partial charge in [-0.3, -0.25) is 0 Å². The smallest absolute Gasteiger partial charge is 0.338 e. The van der Waals surface area contributed by atoms with Gasteiger partial charge in [0, 0.05) is 0 Å². The van der Waals surface area contributed by atoms with Crippen molar-refractivity contribution in [1.29, 1.82) is 0 Å². The third kappa shape index (κ3) is 4.23. The van der Waals surface area contributed by atoms with Crippen LogP contribution in [0.25, 0.3) is 0 Å². The van der Waals surface area contributed by atoms with Gasteiger partial charge in [0.15, 0.2) is 0 Å². The molecule has 0 spiro atoms. The third-order valence-electron chi connectivity index (χ3n) is 3.52. The SMILES string of the molecule is COc1ccc(C(=O)O[C@@H](C)[C@@H](O)c2ccc(OC)cc2)cc1. The molecule has 5 heteroatoms. The minimum absolute atomic E-state index is 0.402. The highest BCUT2D eigenvalue weighted by Gasteiger charge is 2.21. The van der Waals surface area contributed by atoms with Crippen LogP contribution < -0.4 is 9.47 Å². The van der Waals surface area contributed by atoms with E-state index in [1.54, 1.807) is 69.7 Å². The summed E-state index contributed by atoms with van der Waals surface area (Å²) >= 11 is 0. The topological polar surface area (TPSA) is 65.0 Å². The van der Waals surface area contributed by atoms with E-state index in [-0.39, 0.29) is 0 Å². The van der Waals surface area contributed by atoms with Crippen LogP contribution in [0.3, 0.4) is 0 Å². The molecule has 0 fully saturated rings. The van der Waals surface area contributed by atoms with Crippen molar-refractivity contribution in [3.05, 3.63) is 59.7 Å². The summed E-state index contributed by atoms with van der Waals surface area (Å²) < 4.78 is 15.4. The van der Waals surface area contributed by atoms with Crippen LogP contribution in [0.5, 0.6) is 11.5 Å². The second-order valence-corrected chi connectivity index (χ2v) is 5.06. The van der Waals surface area contributed by atoms with Gasteiger partial charge in [-0.05, 0) is 48.9 Å². The Hall–Kier alpha value is -2.53. The Morgan fingerprint density at radius 3 is 1.87 bits per heavy atom. The van der Waals surface area contributed by atoms with E-state index in [4.69, 9.17) is 14.2 Å². The van der Waals surface area contributed by atoms with Gasteiger partial charge in [-0.25, -0.2) is 4.79 Å². The van der Waals surface area contributed by atoms with E-state index < -0.39 is 18.2 Å². The fourth-order valence-corrected chi connectivity index (χ4v) is 2.10. The van der Waals surface area contributed by atoms with E-state index in [9.17, 15) is 9.90 Å². The Morgan fingerprint density at radius 1 is 0.913 bits per heavy atom. The number of hydrogen-bond donors (Lipinski definition) is 1. The van der Waals surface area contributed by atoms with Crippen molar-refractivity contribution in [1.82, 2.24) is 0 Å². The number of benzene rings is 2. The first-order valence-corrected chi connectivity index (χ1v) is 7.22. The van der Waals surface area contributed by atoms with Gasteiger partial charge < -0.3 is 19.3 Å². The predicted octanol–water partition coefficient (Wildman–Crippen LogP) is 2.98. The van der Waals surface area contributed by atoms with Crippen molar-refractivity contribution in [3.8, 4) is 11.5 Å². The zero-order valence-corrected chi connectivity index (χ0v) is 13.4. The summed E-state index contributed by atoms with van der Waals surface area (Å²) in [5.74, 6) is 0.865. The predicted molar refractivity (Wildman–Crippen MR) is 85.8 cm³/mol. The van der Waals surface area contributed by atoms with E-state index in [2.05, 4.69) is 0 Å². The summed E-state index contributed by atoms with van der Waals surface area (Å²) in [6.45, 7) is 1.65. The van der Waals surface area contributed by atoms with Crippen LogP contribution in [-0.2, 0) is 4.74 Å². The molecule has 0 aliphatic carbocycles. The molecule has 0 radical (unpaired) electrons. The molecule has 23 heavy (non-hydrogen) atoms. The van der Waals surface area contributed by atoms with Gasteiger partial charge in [0.2, 0.25) is 0 Å². The largest absolute Gasteiger partial charge is 0.497 e. The number of aliphatic hydroxyl groups is 1. The quantitative estimate of drug-likeness (QED) is 0.830. The molecule has 0 saturated carbocycles. The van der Waals surface area contributed by atoms with Gasteiger partial charge in [0.25, 0.3) is 0 Å². The lowest BCUT2D eigenvalue weighted by Crippen LogP contribution is -2.22. The highest BCUT2D eigenvalue weighted by atomic mass is 16.6.